The van der Waals surface area contributed by atoms with Crippen LogP contribution in [-0.4, -0.2) is 38.8 Å². The molecule has 3 aromatic carbocycles. The lowest BCUT2D eigenvalue weighted by Crippen LogP contribution is -2.40. The molecule has 0 atom stereocenters. The van der Waals surface area contributed by atoms with Crippen molar-refractivity contribution >= 4 is 15.9 Å². The molecule has 1 amide bonds. The van der Waals surface area contributed by atoms with Gasteiger partial charge in [0.15, 0.2) is 0 Å². The van der Waals surface area contributed by atoms with Gasteiger partial charge in [0, 0.05) is 13.1 Å². The molecule has 0 aliphatic heterocycles. The third-order valence-corrected chi connectivity index (χ3v) is 7.16. The van der Waals surface area contributed by atoms with E-state index in [1.807, 2.05) is 62.4 Å². The molecular weight excluding hydrogens is 436 g/mol. The molecule has 174 valence electrons. The maximum Gasteiger partial charge on any atom is 0.243 e. The molecule has 0 saturated heterocycles. The van der Waals surface area contributed by atoms with Gasteiger partial charge in [0.25, 0.3) is 0 Å². The van der Waals surface area contributed by atoms with Gasteiger partial charge in [-0.05, 0) is 55.7 Å². The summed E-state index contributed by atoms with van der Waals surface area (Å²) in [4.78, 5) is 12.9. The molecule has 0 aromatic heterocycles. The molecule has 7 heteroatoms. The van der Waals surface area contributed by atoms with Crippen LogP contribution in [0.3, 0.4) is 0 Å². The number of sulfonamides is 1. The number of methoxy groups -OCH3 is 1. The Morgan fingerprint density at radius 2 is 1.39 bits per heavy atom. The Labute approximate surface area is 196 Å². The number of carbonyl (C=O) groups excluding carboxylic acids is 1. The third kappa shape index (κ3) is 6.91. The fourth-order valence-electron chi connectivity index (χ4n) is 3.34. The van der Waals surface area contributed by atoms with Crippen molar-refractivity contribution in [1.29, 1.82) is 0 Å². The van der Waals surface area contributed by atoms with E-state index in [-0.39, 0.29) is 23.9 Å². The Morgan fingerprint density at radius 3 is 1.97 bits per heavy atom. The standard InChI is InChI=1S/C26H30N2O4S/c1-20-4-8-23(9-5-20)18-28(33(30,31)25-14-6-21(2)7-15-25)19-26(29)27-17-16-22-10-12-24(32-3)13-11-22/h4-15H,16-19H2,1-3H3,(H,27,29). The van der Waals surface area contributed by atoms with E-state index in [0.29, 0.717) is 13.0 Å². The van der Waals surface area contributed by atoms with Crippen molar-refractivity contribution in [3.8, 4) is 5.75 Å². The Kier molecular flexibility index (Phi) is 8.25. The zero-order valence-electron chi connectivity index (χ0n) is 19.2. The molecule has 3 rings (SSSR count). The fourth-order valence-corrected chi connectivity index (χ4v) is 4.72. The summed E-state index contributed by atoms with van der Waals surface area (Å²) >= 11 is 0. The normalized spacial score (nSPS) is 11.4. The van der Waals surface area contributed by atoms with Gasteiger partial charge in [-0.15, -0.1) is 0 Å². The smallest absolute Gasteiger partial charge is 0.243 e. The van der Waals surface area contributed by atoms with Gasteiger partial charge in [-0.25, -0.2) is 8.42 Å². The average Bonchev–Trinajstić information content (AvgIpc) is 2.81. The molecule has 0 fully saturated rings. The monoisotopic (exact) mass is 466 g/mol. The van der Waals surface area contributed by atoms with Gasteiger partial charge in [0.05, 0.1) is 18.6 Å². The van der Waals surface area contributed by atoms with Crippen LogP contribution in [0.2, 0.25) is 0 Å². The Bertz CT molecular complexity index is 1160. The molecule has 33 heavy (non-hydrogen) atoms. The van der Waals surface area contributed by atoms with E-state index in [9.17, 15) is 13.2 Å². The van der Waals surface area contributed by atoms with Crippen LogP contribution >= 0.6 is 0 Å². The van der Waals surface area contributed by atoms with Crippen molar-refractivity contribution < 1.29 is 17.9 Å². The third-order valence-electron chi connectivity index (χ3n) is 5.35. The number of nitrogens with zero attached hydrogens (tertiary/aromatic N) is 1. The molecule has 1 N–H and O–H groups in total. The van der Waals surface area contributed by atoms with Crippen LogP contribution in [0.1, 0.15) is 22.3 Å². The van der Waals surface area contributed by atoms with E-state index < -0.39 is 10.0 Å². The molecule has 0 heterocycles. The first kappa shape index (κ1) is 24.5. The Balaban J connectivity index is 1.70. The molecule has 0 saturated carbocycles. The summed E-state index contributed by atoms with van der Waals surface area (Å²) in [5, 5.41) is 2.84. The number of hydrogen-bond acceptors (Lipinski definition) is 4. The van der Waals surface area contributed by atoms with Crippen LogP contribution in [0, 0.1) is 13.8 Å². The number of nitrogens with one attached hydrogen (secondary N) is 1. The number of hydrogen-bond donors (Lipinski definition) is 1. The molecule has 0 aliphatic rings. The minimum Gasteiger partial charge on any atom is -0.497 e. The van der Waals surface area contributed by atoms with Crippen molar-refractivity contribution in [1.82, 2.24) is 9.62 Å². The number of benzene rings is 3. The summed E-state index contributed by atoms with van der Waals surface area (Å²) in [7, 11) is -2.23. The van der Waals surface area contributed by atoms with E-state index in [1.165, 1.54) is 4.31 Å². The first-order valence-electron chi connectivity index (χ1n) is 10.8. The highest BCUT2D eigenvalue weighted by Gasteiger charge is 2.26. The number of amides is 1. The van der Waals surface area contributed by atoms with Gasteiger partial charge in [-0.2, -0.15) is 4.31 Å². The number of ether oxygens (including phenoxy) is 1. The molecule has 0 bridgehead atoms. The van der Waals surface area contributed by atoms with Crippen molar-refractivity contribution in [2.45, 2.75) is 31.7 Å². The first-order chi connectivity index (χ1) is 15.8. The zero-order chi connectivity index (χ0) is 23.8. The van der Waals surface area contributed by atoms with E-state index in [4.69, 9.17) is 4.74 Å². The minimum absolute atomic E-state index is 0.113. The summed E-state index contributed by atoms with van der Waals surface area (Å²) < 4.78 is 33.1. The average molecular weight is 467 g/mol. The van der Waals surface area contributed by atoms with Gasteiger partial charge in [0.1, 0.15) is 5.75 Å². The SMILES string of the molecule is COc1ccc(CCNC(=O)CN(Cc2ccc(C)cc2)S(=O)(=O)c2ccc(C)cc2)cc1. The van der Waals surface area contributed by atoms with Crippen LogP contribution in [0.5, 0.6) is 5.75 Å². The molecular formula is C26H30N2O4S. The summed E-state index contributed by atoms with van der Waals surface area (Å²) in [5.41, 5.74) is 3.93. The van der Waals surface area contributed by atoms with Crippen molar-refractivity contribution in [2.75, 3.05) is 20.2 Å². The summed E-state index contributed by atoms with van der Waals surface area (Å²) in [6.45, 7) is 4.14. The predicted octanol–water partition coefficient (Wildman–Crippen LogP) is 3.86. The molecule has 0 aliphatic carbocycles. The van der Waals surface area contributed by atoms with Gasteiger partial charge in [0.2, 0.25) is 15.9 Å². The Hall–Kier alpha value is -3.16. The highest BCUT2D eigenvalue weighted by Crippen LogP contribution is 2.19. The van der Waals surface area contributed by atoms with Crippen LogP contribution in [-0.2, 0) is 27.8 Å². The van der Waals surface area contributed by atoms with Crippen molar-refractivity contribution in [3.05, 3.63) is 95.1 Å². The number of aryl methyl sites for hydroxylation is 2. The topological polar surface area (TPSA) is 75.7 Å². The van der Waals surface area contributed by atoms with Gasteiger partial charge in [-0.1, -0.05) is 59.7 Å². The lowest BCUT2D eigenvalue weighted by atomic mass is 10.1. The van der Waals surface area contributed by atoms with Gasteiger partial charge >= 0.3 is 0 Å². The summed E-state index contributed by atoms with van der Waals surface area (Å²) in [6.07, 6.45) is 0.637. The molecule has 0 radical (unpaired) electrons. The lowest BCUT2D eigenvalue weighted by molar-refractivity contribution is -0.121. The maximum atomic E-state index is 13.3. The van der Waals surface area contributed by atoms with Crippen molar-refractivity contribution in [2.24, 2.45) is 0 Å². The highest BCUT2D eigenvalue weighted by atomic mass is 32.2. The summed E-state index contributed by atoms with van der Waals surface area (Å²) in [5.74, 6) is 0.433. The maximum absolute atomic E-state index is 13.3. The van der Waals surface area contributed by atoms with Gasteiger partial charge in [-0.3, -0.25) is 4.79 Å². The summed E-state index contributed by atoms with van der Waals surface area (Å²) in [6, 6.07) is 21.9. The molecule has 3 aromatic rings. The molecule has 6 nitrogen and oxygen atoms in total. The fraction of sp³-hybridized carbons (Fsp3) is 0.269. The lowest BCUT2D eigenvalue weighted by Gasteiger charge is -2.22. The van der Waals surface area contributed by atoms with E-state index >= 15 is 0 Å². The van der Waals surface area contributed by atoms with E-state index in [1.54, 1.807) is 31.4 Å². The van der Waals surface area contributed by atoms with Crippen LogP contribution < -0.4 is 10.1 Å². The first-order valence-corrected chi connectivity index (χ1v) is 12.2. The molecule has 0 spiro atoms. The van der Waals surface area contributed by atoms with Crippen LogP contribution in [0.4, 0.5) is 0 Å². The van der Waals surface area contributed by atoms with E-state index in [0.717, 1.165) is 28.0 Å². The second-order valence-corrected chi connectivity index (χ2v) is 9.96. The predicted molar refractivity (Wildman–Crippen MR) is 130 cm³/mol. The number of carbonyl (C=O) groups is 1. The largest absolute Gasteiger partial charge is 0.497 e. The van der Waals surface area contributed by atoms with Crippen LogP contribution in [0.15, 0.2) is 77.7 Å². The van der Waals surface area contributed by atoms with Crippen LogP contribution in [0.25, 0.3) is 0 Å². The number of rotatable bonds is 10. The second-order valence-electron chi connectivity index (χ2n) is 8.02. The quantitative estimate of drug-likeness (QED) is 0.492. The van der Waals surface area contributed by atoms with E-state index in [2.05, 4.69) is 5.32 Å². The van der Waals surface area contributed by atoms with Crippen molar-refractivity contribution in [3.63, 3.8) is 0 Å². The Morgan fingerprint density at radius 1 is 0.848 bits per heavy atom. The highest BCUT2D eigenvalue weighted by molar-refractivity contribution is 7.89. The molecule has 0 unspecified atom stereocenters. The van der Waals surface area contributed by atoms with Gasteiger partial charge < -0.3 is 10.1 Å². The second kappa shape index (κ2) is 11.1. The minimum atomic E-state index is -3.85. The zero-order valence-corrected chi connectivity index (χ0v) is 20.1.